The van der Waals surface area contributed by atoms with Crippen LogP contribution in [-0.4, -0.2) is 9.97 Å². The molecule has 0 bridgehead atoms. The molecule has 2 heterocycles. The van der Waals surface area contributed by atoms with Crippen molar-refractivity contribution in [3.63, 3.8) is 0 Å². The molecule has 0 radical (unpaired) electrons. The largest absolute Gasteiger partial charge is 0.255 e. The van der Waals surface area contributed by atoms with Gasteiger partial charge in [0.05, 0.1) is 11.4 Å². The van der Waals surface area contributed by atoms with E-state index in [2.05, 4.69) is 48.1 Å². The highest BCUT2D eigenvalue weighted by Gasteiger charge is 2.05. The summed E-state index contributed by atoms with van der Waals surface area (Å²) in [6, 6.07) is 8.92. The van der Waals surface area contributed by atoms with E-state index in [-0.39, 0.29) is 0 Å². The highest BCUT2D eigenvalue weighted by Crippen LogP contribution is 2.20. The van der Waals surface area contributed by atoms with Crippen LogP contribution >= 0.6 is 0 Å². The van der Waals surface area contributed by atoms with Crippen molar-refractivity contribution in [2.75, 3.05) is 0 Å². The minimum atomic E-state index is 1.03. The van der Waals surface area contributed by atoms with E-state index in [9.17, 15) is 0 Å². The lowest BCUT2D eigenvalue weighted by Gasteiger charge is -2.07. The molecule has 0 fully saturated rings. The van der Waals surface area contributed by atoms with Crippen molar-refractivity contribution in [2.24, 2.45) is 0 Å². The second kappa shape index (κ2) is 23.2. The Morgan fingerprint density at radius 2 is 0.684 bits per heavy atom. The number of aromatic nitrogens is 2. The van der Waals surface area contributed by atoms with Gasteiger partial charge in [0.2, 0.25) is 0 Å². The second-order valence-corrected chi connectivity index (χ2v) is 11.7. The number of aryl methyl sites for hydroxylation is 2. The highest BCUT2D eigenvalue weighted by atomic mass is 14.8. The number of hydrogen-bond acceptors (Lipinski definition) is 2. The van der Waals surface area contributed by atoms with E-state index in [0.29, 0.717) is 0 Å². The fraction of sp³-hybridized carbons (Fsp3) is 0.722. The Bertz CT molecular complexity index is 732. The van der Waals surface area contributed by atoms with Gasteiger partial charge in [-0.25, -0.2) is 0 Å². The molecule has 0 aromatic carbocycles. The van der Waals surface area contributed by atoms with Crippen LogP contribution in [0.2, 0.25) is 0 Å². The molecule has 0 N–H and O–H groups in total. The van der Waals surface area contributed by atoms with Crippen LogP contribution < -0.4 is 0 Å². The molecule has 0 aliphatic heterocycles. The monoisotopic (exact) mass is 520 g/mol. The van der Waals surface area contributed by atoms with Gasteiger partial charge in [-0.1, -0.05) is 142 Å². The van der Waals surface area contributed by atoms with Gasteiger partial charge in [0.1, 0.15) is 0 Å². The Balaban J connectivity index is 1.58. The molecule has 38 heavy (non-hydrogen) atoms. The summed E-state index contributed by atoms with van der Waals surface area (Å²) in [6.07, 6.45) is 37.0. The van der Waals surface area contributed by atoms with E-state index in [1.807, 2.05) is 12.4 Å². The summed E-state index contributed by atoms with van der Waals surface area (Å²) in [5.41, 5.74) is 4.88. The summed E-state index contributed by atoms with van der Waals surface area (Å²) >= 11 is 0. The Labute approximate surface area is 236 Å². The fourth-order valence-electron chi connectivity index (χ4n) is 5.53. The van der Waals surface area contributed by atoms with Crippen molar-refractivity contribution in [2.45, 2.75) is 168 Å². The predicted molar refractivity (Wildman–Crippen MR) is 168 cm³/mol. The molecule has 0 unspecified atom stereocenters. The molecular formula is C36H60N2. The van der Waals surface area contributed by atoms with E-state index in [1.165, 1.54) is 152 Å². The smallest absolute Gasteiger partial charge is 0.0888 e. The third kappa shape index (κ3) is 16.3. The Morgan fingerprint density at radius 1 is 0.395 bits per heavy atom. The number of hydrogen-bond donors (Lipinski definition) is 0. The van der Waals surface area contributed by atoms with Gasteiger partial charge in [0.25, 0.3) is 0 Å². The summed E-state index contributed by atoms with van der Waals surface area (Å²) < 4.78 is 0. The molecule has 2 rings (SSSR count). The third-order valence-corrected chi connectivity index (χ3v) is 8.05. The maximum absolute atomic E-state index is 4.65. The zero-order valence-electron chi connectivity index (χ0n) is 25.3. The molecule has 2 aromatic rings. The van der Waals surface area contributed by atoms with E-state index >= 15 is 0 Å². The fourth-order valence-corrected chi connectivity index (χ4v) is 5.53. The van der Waals surface area contributed by atoms with E-state index in [1.54, 1.807) is 0 Å². The van der Waals surface area contributed by atoms with Crippen LogP contribution in [0.4, 0.5) is 0 Å². The number of unbranched alkanes of at least 4 members (excludes halogenated alkanes) is 20. The van der Waals surface area contributed by atoms with Crippen LogP contribution in [0.15, 0.2) is 36.7 Å². The first-order valence-electron chi connectivity index (χ1n) is 16.7. The topological polar surface area (TPSA) is 25.8 Å². The molecule has 0 spiro atoms. The number of nitrogens with zero attached hydrogens (tertiary/aromatic N) is 2. The van der Waals surface area contributed by atoms with Gasteiger partial charge in [-0.05, 0) is 61.1 Å². The first-order valence-corrected chi connectivity index (χ1v) is 16.7. The molecule has 214 valence electrons. The van der Waals surface area contributed by atoms with Crippen LogP contribution in [0.25, 0.3) is 11.4 Å². The zero-order valence-corrected chi connectivity index (χ0v) is 25.3. The maximum Gasteiger partial charge on any atom is 0.0888 e. The van der Waals surface area contributed by atoms with Gasteiger partial charge < -0.3 is 0 Å². The van der Waals surface area contributed by atoms with Gasteiger partial charge in [-0.15, -0.1) is 0 Å². The zero-order chi connectivity index (χ0) is 26.9. The lowest BCUT2D eigenvalue weighted by Crippen LogP contribution is -1.94. The average molecular weight is 521 g/mol. The van der Waals surface area contributed by atoms with E-state index < -0.39 is 0 Å². The van der Waals surface area contributed by atoms with Gasteiger partial charge in [0.15, 0.2) is 0 Å². The van der Waals surface area contributed by atoms with Crippen LogP contribution in [-0.2, 0) is 12.8 Å². The molecule has 2 aromatic heterocycles. The van der Waals surface area contributed by atoms with Crippen LogP contribution in [0.5, 0.6) is 0 Å². The first kappa shape index (κ1) is 32.5. The van der Waals surface area contributed by atoms with Crippen molar-refractivity contribution >= 4 is 0 Å². The molecule has 2 heteroatoms. The van der Waals surface area contributed by atoms with Crippen LogP contribution in [0.1, 0.15) is 166 Å². The van der Waals surface area contributed by atoms with Gasteiger partial charge in [-0.2, -0.15) is 0 Å². The number of rotatable bonds is 25. The summed E-state index contributed by atoms with van der Waals surface area (Å²) in [5.74, 6) is 0. The SMILES string of the molecule is CCCCCCCCCCCCCc1ccnc(-c2cc(CCCCCCCCCCCCC)ccn2)c1. The molecule has 0 aliphatic carbocycles. The molecule has 0 atom stereocenters. The first-order chi connectivity index (χ1) is 18.8. The maximum atomic E-state index is 4.65. The summed E-state index contributed by atoms with van der Waals surface area (Å²) in [5, 5.41) is 0. The van der Waals surface area contributed by atoms with Crippen molar-refractivity contribution in [1.82, 2.24) is 9.97 Å². The Morgan fingerprint density at radius 3 is 1.00 bits per heavy atom. The quantitative estimate of drug-likeness (QED) is 0.122. The summed E-state index contributed by atoms with van der Waals surface area (Å²) in [6.45, 7) is 4.59. The normalized spacial score (nSPS) is 11.3. The highest BCUT2D eigenvalue weighted by molar-refractivity contribution is 5.55. The summed E-state index contributed by atoms with van der Waals surface area (Å²) in [7, 11) is 0. The minimum absolute atomic E-state index is 1.03. The summed E-state index contributed by atoms with van der Waals surface area (Å²) in [4.78, 5) is 9.31. The van der Waals surface area contributed by atoms with Gasteiger partial charge in [0, 0.05) is 12.4 Å². The van der Waals surface area contributed by atoms with E-state index in [4.69, 9.17) is 0 Å². The standard InChI is InChI=1S/C36H60N2/c1-3-5-7-9-11-13-15-17-19-21-23-25-33-27-29-37-35(31-33)36-32-34(28-30-38-36)26-24-22-20-18-16-14-12-10-8-6-4-2/h27-32H,3-26H2,1-2H3. The third-order valence-electron chi connectivity index (χ3n) is 8.05. The van der Waals surface area contributed by atoms with E-state index in [0.717, 1.165) is 24.2 Å². The van der Waals surface area contributed by atoms with Gasteiger partial charge >= 0.3 is 0 Å². The average Bonchev–Trinajstić information content (AvgIpc) is 2.95. The lowest BCUT2D eigenvalue weighted by atomic mass is 10.0. The van der Waals surface area contributed by atoms with Crippen molar-refractivity contribution in [1.29, 1.82) is 0 Å². The Hall–Kier alpha value is -1.70. The van der Waals surface area contributed by atoms with Crippen LogP contribution in [0, 0.1) is 0 Å². The Kier molecular flexibility index (Phi) is 19.9. The second-order valence-electron chi connectivity index (χ2n) is 11.7. The van der Waals surface area contributed by atoms with Crippen molar-refractivity contribution in [3.8, 4) is 11.4 Å². The number of pyridine rings is 2. The minimum Gasteiger partial charge on any atom is -0.255 e. The molecule has 2 nitrogen and oxygen atoms in total. The van der Waals surface area contributed by atoms with Gasteiger partial charge in [-0.3, -0.25) is 9.97 Å². The predicted octanol–water partition coefficient (Wildman–Crippen LogP) is 11.9. The molecule has 0 saturated carbocycles. The van der Waals surface area contributed by atoms with Crippen molar-refractivity contribution < 1.29 is 0 Å². The van der Waals surface area contributed by atoms with Crippen molar-refractivity contribution in [3.05, 3.63) is 47.8 Å². The lowest BCUT2D eigenvalue weighted by molar-refractivity contribution is 0.549. The molecule has 0 aliphatic rings. The van der Waals surface area contributed by atoms with Crippen LogP contribution in [0.3, 0.4) is 0 Å². The molecule has 0 amide bonds. The molecule has 0 saturated heterocycles. The molecular weight excluding hydrogens is 460 g/mol.